The first-order valence-corrected chi connectivity index (χ1v) is 12.4. The molecule has 3 heterocycles. The quantitative estimate of drug-likeness (QED) is 0.507. The number of nitrogens with zero attached hydrogens (tertiary/aromatic N) is 3. The number of para-hydroxylation sites is 1. The van der Waals surface area contributed by atoms with Crippen molar-refractivity contribution in [3.8, 4) is 0 Å². The van der Waals surface area contributed by atoms with Crippen molar-refractivity contribution >= 4 is 45.4 Å². The molecule has 5 rings (SSSR count). The van der Waals surface area contributed by atoms with E-state index in [9.17, 15) is 4.79 Å². The van der Waals surface area contributed by atoms with Crippen molar-refractivity contribution in [1.82, 2.24) is 9.55 Å². The zero-order chi connectivity index (χ0) is 24.0. The fraction of sp³-hybridized carbons (Fsp3) is 0.462. The van der Waals surface area contributed by atoms with E-state index in [1.54, 1.807) is 23.9 Å². The molecule has 2 aliphatic rings. The summed E-state index contributed by atoms with van der Waals surface area (Å²) in [4.78, 5) is 19.6. The van der Waals surface area contributed by atoms with Crippen LogP contribution in [0.3, 0.4) is 0 Å². The van der Waals surface area contributed by atoms with Crippen LogP contribution in [0.4, 0.5) is 22.9 Å². The molecule has 2 N–H and O–H groups in total. The van der Waals surface area contributed by atoms with Crippen LogP contribution >= 0.6 is 11.6 Å². The van der Waals surface area contributed by atoms with Crippen molar-refractivity contribution < 1.29 is 4.74 Å². The molecule has 0 spiro atoms. The highest BCUT2D eigenvalue weighted by molar-refractivity contribution is 6.33. The highest BCUT2D eigenvalue weighted by Crippen LogP contribution is 2.37. The van der Waals surface area contributed by atoms with Gasteiger partial charge in [-0.05, 0) is 45.6 Å². The molecule has 180 valence electrons. The van der Waals surface area contributed by atoms with Crippen LogP contribution in [0.2, 0.25) is 5.02 Å². The molecule has 1 aliphatic carbocycles. The second-order valence-electron chi connectivity index (χ2n) is 9.74. The molecule has 2 fully saturated rings. The van der Waals surface area contributed by atoms with Gasteiger partial charge < -0.3 is 24.8 Å². The molecule has 1 saturated carbocycles. The van der Waals surface area contributed by atoms with Crippen molar-refractivity contribution in [1.29, 1.82) is 0 Å². The van der Waals surface area contributed by atoms with Gasteiger partial charge >= 0.3 is 0 Å². The van der Waals surface area contributed by atoms with Gasteiger partial charge in [0, 0.05) is 49.4 Å². The summed E-state index contributed by atoms with van der Waals surface area (Å²) in [6, 6.07) is 10.0. The minimum Gasteiger partial charge on any atom is -0.382 e. The number of benzene rings is 1. The first-order chi connectivity index (χ1) is 16.3. The standard InChI is InChI=1S/C26H32ClN5O2/c1-15-13-32(14-16(2)34-15)24-10-23(20(27)12-28-24)30-21-7-5-6-19-22(29-17(3)18-8-9-18)11-25(33)31(4)26(19)21/h5-7,10-12,15-18,29H,8-9,13-14H2,1-4H3,(H,28,30)/t15-,16+,17-/m1/s1. The molecule has 1 aliphatic heterocycles. The van der Waals surface area contributed by atoms with Crippen LogP contribution in [0.1, 0.15) is 33.6 Å². The van der Waals surface area contributed by atoms with Gasteiger partial charge in [0.05, 0.1) is 40.3 Å². The van der Waals surface area contributed by atoms with Crippen LogP contribution in [-0.2, 0) is 11.8 Å². The first kappa shape index (κ1) is 23.0. The normalized spacial score (nSPS) is 21.5. The van der Waals surface area contributed by atoms with Crippen molar-refractivity contribution in [2.75, 3.05) is 28.6 Å². The zero-order valence-electron chi connectivity index (χ0n) is 20.1. The van der Waals surface area contributed by atoms with E-state index in [1.165, 1.54) is 12.8 Å². The van der Waals surface area contributed by atoms with Gasteiger partial charge in [-0.2, -0.15) is 0 Å². The lowest BCUT2D eigenvalue weighted by atomic mass is 10.1. The van der Waals surface area contributed by atoms with Gasteiger partial charge in [-0.15, -0.1) is 0 Å². The van der Waals surface area contributed by atoms with Crippen LogP contribution in [0.15, 0.2) is 41.3 Å². The molecule has 3 aromatic rings. The third kappa shape index (κ3) is 4.59. The lowest BCUT2D eigenvalue weighted by molar-refractivity contribution is -0.00545. The van der Waals surface area contributed by atoms with Crippen molar-refractivity contribution in [2.45, 2.75) is 51.9 Å². The molecule has 0 radical (unpaired) electrons. The molecule has 0 unspecified atom stereocenters. The fourth-order valence-corrected chi connectivity index (χ4v) is 5.07. The molecule has 34 heavy (non-hydrogen) atoms. The Labute approximate surface area is 205 Å². The van der Waals surface area contributed by atoms with Crippen LogP contribution in [0, 0.1) is 5.92 Å². The van der Waals surface area contributed by atoms with Crippen molar-refractivity contribution in [3.05, 3.63) is 51.9 Å². The summed E-state index contributed by atoms with van der Waals surface area (Å²) in [7, 11) is 1.81. The Kier molecular flexibility index (Phi) is 6.16. The maximum atomic E-state index is 12.9. The Morgan fingerprint density at radius 3 is 2.56 bits per heavy atom. The second-order valence-corrected chi connectivity index (χ2v) is 10.1. The summed E-state index contributed by atoms with van der Waals surface area (Å²) >= 11 is 6.56. The molecule has 8 heteroatoms. The maximum Gasteiger partial charge on any atom is 0.252 e. The summed E-state index contributed by atoms with van der Waals surface area (Å²) in [6.07, 6.45) is 4.43. The highest BCUT2D eigenvalue weighted by Gasteiger charge is 2.28. The summed E-state index contributed by atoms with van der Waals surface area (Å²) < 4.78 is 7.55. The number of nitrogens with one attached hydrogen (secondary N) is 2. The van der Waals surface area contributed by atoms with Gasteiger partial charge in [-0.3, -0.25) is 4.79 Å². The molecular formula is C26H32ClN5O2. The zero-order valence-corrected chi connectivity index (χ0v) is 20.9. The number of rotatable bonds is 6. The lowest BCUT2D eigenvalue weighted by Gasteiger charge is -2.36. The lowest BCUT2D eigenvalue weighted by Crippen LogP contribution is -2.45. The van der Waals surface area contributed by atoms with Crippen LogP contribution in [0.5, 0.6) is 0 Å². The van der Waals surface area contributed by atoms with E-state index in [2.05, 4.69) is 47.4 Å². The number of anilines is 4. The minimum atomic E-state index is -0.0509. The number of fused-ring (bicyclic) bond motifs is 1. The molecule has 2 aromatic heterocycles. The number of ether oxygens (including phenoxy) is 1. The topological polar surface area (TPSA) is 71.4 Å². The van der Waals surface area contributed by atoms with E-state index in [1.807, 2.05) is 18.2 Å². The van der Waals surface area contributed by atoms with E-state index in [0.717, 1.165) is 46.9 Å². The average molecular weight is 482 g/mol. The summed E-state index contributed by atoms with van der Waals surface area (Å²) in [5.41, 5.74) is 3.23. The number of aryl methyl sites for hydroxylation is 1. The van der Waals surface area contributed by atoms with Crippen molar-refractivity contribution in [2.24, 2.45) is 13.0 Å². The Bertz CT molecular complexity index is 1260. The van der Waals surface area contributed by atoms with Gasteiger partial charge in [0.15, 0.2) is 0 Å². The molecular weight excluding hydrogens is 450 g/mol. The minimum absolute atomic E-state index is 0.0509. The molecule has 0 bridgehead atoms. The second kappa shape index (κ2) is 9.12. The number of pyridine rings is 2. The summed E-state index contributed by atoms with van der Waals surface area (Å²) in [6.45, 7) is 7.88. The smallest absolute Gasteiger partial charge is 0.252 e. The van der Waals surface area contributed by atoms with Crippen LogP contribution < -0.4 is 21.1 Å². The Balaban J connectivity index is 1.51. The van der Waals surface area contributed by atoms with E-state index in [4.69, 9.17) is 16.3 Å². The Morgan fingerprint density at radius 1 is 1.12 bits per heavy atom. The Hall–Kier alpha value is -2.77. The number of aromatic nitrogens is 2. The molecule has 1 saturated heterocycles. The summed E-state index contributed by atoms with van der Waals surface area (Å²) in [5, 5.41) is 8.59. The predicted octanol–water partition coefficient (Wildman–Crippen LogP) is 5.15. The third-order valence-electron chi connectivity index (χ3n) is 6.83. The van der Waals surface area contributed by atoms with E-state index in [0.29, 0.717) is 17.0 Å². The van der Waals surface area contributed by atoms with Gasteiger partial charge in [0.1, 0.15) is 5.82 Å². The predicted molar refractivity (Wildman–Crippen MR) is 140 cm³/mol. The average Bonchev–Trinajstić information content (AvgIpc) is 3.63. The molecule has 3 atom stereocenters. The fourth-order valence-electron chi connectivity index (χ4n) is 4.92. The monoisotopic (exact) mass is 481 g/mol. The van der Waals surface area contributed by atoms with Crippen LogP contribution in [-0.4, -0.2) is 40.9 Å². The summed E-state index contributed by atoms with van der Waals surface area (Å²) in [5.74, 6) is 1.53. The Morgan fingerprint density at radius 2 is 1.85 bits per heavy atom. The first-order valence-electron chi connectivity index (χ1n) is 12.0. The maximum absolute atomic E-state index is 12.9. The highest BCUT2D eigenvalue weighted by atomic mass is 35.5. The third-order valence-corrected chi connectivity index (χ3v) is 7.13. The molecule has 1 aromatic carbocycles. The van der Waals surface area contributed by atoms with E-state index >= 15 is 0 Å². The number of hydrogen-bond donors (Lipinski definition) is 2. The van der Waals surface area contributed by atoms with Gasteiger partial charge in [-0.25, -0.2) is 4.98 Å². The number of morpholine rings is 1. The molecule has 7 nitrogen and oxygen atoms in total. The molecule has 0 amide bonds. The van der Waals surface area contributed by atoms with Gasteiger partial charge in [0.25, 0.3) is 5.56 Å². The largest absolute Gasteiger partial charge is 0.382 e. The van der Waals surface area contributed by atoms with E-state index in [-0.39, 0.29) is 17.8 Å². The van der Waals surface area contributed by atoms with Gasteiger partial charge in [-0.1, -0.05) is 23.7 Å². The van der Waals surface area contributed by atoms with E-state index < -0.39 is 0 Å². The van der Waals surface area contributed by atoms with Crippen molar-refractivity contribution in [3.63, 3.8) is 0 Å². The SMILES string of the molecule is C[C@@H]1CN(c2cc(Nc3cccc4c(N[C@H](C)C5CC5)cc(=O)n(C)c34)c(Cl)cn2)C[C@H](C)O1. The number of hydrogen-bond acceptors (Lipinski definition) is 6. The van der Waals surface area contributed by atoms with Crippen LogP contribution in [0.25, 0.3) is 10.9 Å². The number of halogens is 1. The van der Waals surface area contributed by atoms with Gasteiger partial charge in [0.2, 0.25) is 0 Å².